The second-order valence-corrected chi connectivity index (χ2v) is 7.89. The van der Waals surface area contributed by atoms with Crippen LogP contribution in [0.15, 0.2) is 35.0 Å². The third kappa shape index (κ3) is 5.38. The minimum Gasteiger partial charge on any atom is -0.379 e. The van der Waals surface area contributed by atoms with Crippen LogP contribution in [0.3, 0.4) is 0 Å². The van der Waals surface area contributed by atoms with Gasteiger partial charge in [0.2, 0.25) is 5.91 Å². The van der Waals surface area contributed by atoms with E-state index in [2.05, 4.69) is 27.0 Å². The minimum absolute atomic E-state index is 0.0497. The van der Waals surface area contributed by atoms with E-state index in [1.807, 2.05) is 17.5 Å². The molecule has 140 valence electrons. The van der Waals surface area contributed by atoms with Crippen LogP contribution in [0.4, 0.5) is 0 Å². The number of nitrogens with one attached hydrogen (secondary N) is 2. The van der Waals surface area contributed by atoms with Gasteiger partial charge in [0, 0.05) is 37.5 Å². The molecule has 1 unspecified atom stereocenters. The fourth-order valence-corrected chi connectivity index (χ4v) is 4.36. The molecule has 1 atom stereocenters. The topological polar surface area (TPSA) is 70.7 Å². The highest BCUT2D eigenvalue weighted by Crippen LogP contribution is 2.25. The maximum Gasteiger partial charge on any atom is 0.261 e. The van der Waals surface area contributed by atoms with Gasteiger partial charge in [0.15, 0.2) is 0 Å². The van der Waals surface area contributed by atoms with Gasteiger partial charge in [-0.2, -0.15) is 0 Å². The Morgan fingerprint density at radius 2 is 1.88 bits per heavy atom. The summed E-state index contributed by atoms with van der Waals surface area (Å²) in [6.07, 6.45) is 0.275. The highest BCUT2D eigenvalue weighted by molar-refractivity contribution is 7.12. The number of ether oxygens (including phenoxy) is 1. The van der Waals surface area contributed by atoms with E-state index in [1.165, 1.54) is 16.2 Å². The molecule has 0 radical (unpaired) electrons. The Kier molecular flexibility index (Phi) is 7.19. The number of amides is 2. The first kappa shape index (κ1) is 19.0. The van der Waals surface area contributed by atoms with Crippen molar-refractivity contribution >= 4 is 34.5 Å². The zero-order valence-electron chi connectivity index (χ0n) is 14.5. The Morgan fingerprint density at radius 1 is 1.12 bits per heavy atom. The highest BCUT2D eigenvalue weighted by Gasteiger charge is 2.23. The molecule has 8 heteroatoms. The maximum atomic E-state index is 12.2. The fraction of sp³-hybridized carbons (Fsp3) is 0.444. The molecule has 2 aromatic heterocycles. The number of nitrogens with zero attached hydrogens (tertiary/aromatic N) is 1. The summed E-state index contributed by atoms with van der Waals surface area (Å²) >= 11 is 3.10. The van der Waals surface area contributed by atoms with Crippen molar-refractivity contribution in [3.8, 4) is 0 Å². The van der Waals surface area contributed by atoms with Gasteiger partial charge in [-0.1, -0.05) is 12.1 Å². The average molecular weight is 394 g/mol. The highest BCUT2D eigenvalue weighted by atomic mass is 32.1. The van der Waals surface area contributed by atoms with Crippen LogP contribution in [0.1, 0.15) is 27.0 Å². The molecule has 0 aromatic carbocycles. The number of hydrogen-bond acceptors (Lipinski definition) is 6. The van der Waals surface area contributed by atoms with E-state index < -0.39 is 0 Å². The lowest BCUT2D eigenvalue weighted by Gasteiger charge is -2.34. The molecule has 1 fully saturated rings. The van der Waals surface area contributed by atoms with Gasteiger partial charge < -0.3 is 15.4 Å². The Hall–Kier alpha value is -1.74. The van der Waals surface area contributed by atoms with Gasteiger partial charge in [0.25, 0.3) is 5.91 Å². The second kappa shape index (κ2) is 9.82. The Morgan fingerprint density at radius 3 is 2.58 bits per heavy atom. The number of carbonyl (C=O) groups excluding carboxylic acids is 2. The standard InChI is InChI=1S/C18H23N3O3S2/c22-17(5-6-19-18(23)16-4-2-12-26-16)20-13-14(15-3-1-11-25-15)21-7-9-24-10-8-21/h1-4,11-12,14H,5-10,13H2,(H,19,23)(H,20,22). The molecule has 1 aliphatic rings. The Bertz CT molecular complexity index is 683. The first-order valence-electron chi connectivity index (χ1n) is 8.67. The zero-order valence-corrected chi connectivity index (χ0v) is 16.1. The predicted octanol–water partition coefficient (Wildman–Crippen LogP) is 2.12. The summed E-state index contributed by atoms with van der Waals surface area (Å²) in [6, 6.07) is 7.92. The van der Waals surface area contributed by atoms with Crippen molar-refractivity contribution in [3.05, 3.63) is 44.8 Å². The van der Waals surface area contributed by atoms with Crippen molar-refractivity contribution < 1.29 is 14.3 Å². The lowest BCUT2D eigenvalue weighted by atomic mass is 10.2. The molecule has 3 rings (SSSR count). The summed E-state index contributed by atoms with van der Waals surface area (Å²) in [6.45, 7) is 4.10. The average Bonchev–Trinajstić information content (AvgIpc) is 3.37. The van der Waals surface area contributed by atoms with Crippen molar-refractivity contribution in [2.24, 2.45) is 0 Å². The normalized spacial score (nSPS) is 16.2. The first-order valence-corrected chi connectivity index (χ1v) is 10.4. The quantitative estimate of drug-likeness (QED) is 0.721. The van der Waals surface area contributed by atoms with Crippen LogP contribution in [0.5, 0.6) is 0 Å². The van der Waals surface area contributed by atoms with Gasteiger partial charge in [-0.3, -0.25) is 14.5 Å². The summed E-state index contributed by atoms with van der Waals surface area (Å²) in [5, 5.41) is 9.71. The Labute approximate surface area is 161 Å². The largest absolute Gasteiger partial charge is 0.379 e. The van der Waals surface area contributed by atoms with Gasteiger partial charge in [0.05, 0.1) is 24.1 Å². The monoisotopic (exact) mass is 393 g/mol. The van der Waals surface area contributed by atoms with Crippen LogP contribution in [-0.2, 0) is 9.53 Å². The fourth-order valence-electron chi connectivity index (χ4n) is 2.86. The predicted molar refractivity (Wildman–Crippen MR) is 104 cm³/mol. The van der Waals surface area contributed by atoms with Gasteiger partial charge in [0.1, 0.15) is 0 Å². The van der Waals surface area contributed by atoms with E-state index in [0.717, 1.165) is 26.3 Å². The third-order valence-corrected chi connectivity index (χ3v) is 6.08. The number of hydrogen-bond donors (Lipinski definition) is 2. The van der Waals surface area contributed by atoms with Crippen molar-refractivity contribution in [2.75, 3.05) is 39.4 Å². The molecule has 26 heavy (non-hydrogen) atoms. The molecule has 2 aromatic rings. The SMILES string of the molecule is O=C(CCNC(=O)c1cccs1)NCC(c1cccs1)N1CCOCC1. The van der Waals surface area contributed by atoms with Crippen LogP contribution in [0, 0.1) is 0 Å². The molecule has 6 nitrogen and oxygen atoms in total. The van der Waals surface area contributed by atoms with Gasteiger partial charge in [-0.15, -0.1) is 22.7 Å². The van der Waals surface area contributed by atoms with Crippen molar-refractivity contribution in [1.82, 2.24) is 15.5 Å². The number of rotatable bonds is 8. The molecule has 2 N–H and O–H groups in total. The molecule has 1 aliphatic heterocycles. The lowest BCUT2D eigenvalue weighted by molar-refractivity contribution is -0.121. The summed E-state index contributed by atoms with van der Waals surface area (Å²) < 4.78 is 5.43. The molecule has 0 saturated carbocycles. The second-order valence-electron chi connectivity index (χ2n) is 5.97. The van der Waals surface area contributed by atoms with E-state index in [9.17, 15) is 9.59 Å². The molecule has 0 bridgehead atoms. The molecular formula is C18H23N3O3S2. The van der Waals surface area contributed by atoms with E-state index >= 15 is 0 Å². The van der Waals surface area contributed by atoms with Crippen LogP contribution >= 0.6 is 22.7 Å². The smallest absolute Gasteiger partial charge is 0.261 e. The molecule has 1 saturated heterocycles. The summed E-state index contributed by atoms with van der Waals surface area (Å²) in [4.78, 5) is 28.3. The van der Waals surface area contributed by atoms with Crippen molar-refractivity contribution in [3.63, 3.8) is 0 Å². The molecule has 3 heterocycles. The summed E-state index contributed by atoms with van der Waals surface area (Å²) in [5.41, 5.74) is 0. The minimum atomic E-state index is -0.127. The third-order valence-electron chi connectivity index (χ3n) is 4.23. The van der Waals surface area contributed by atoms with Gasteiger partial charge >= 0.3 is 0 Å². The van der Waals surface area contributed by atoms with E-state index in [-0.39, 0.29) is 24.3 Å². The van der Waals surface area contributed by atoms with Crippen LogP contribution < -0.4 is 10.6 Å². The number of morpholine rings is 1. The number of carbonyl (C=O) groups is 2. The Balaban J connectivity index is 1.44. The van der Waals surface area contributed by atoms with E-state index in [1.54, 1.807) is 17.4 Å². The summed E-state index contributed by atoms with van der Waals surface area (Å²) in [7, 11) is 0. The maximum absolute atomic E-state index is 12.2. The van der Waals surface area contributed by atoms with Crippen LogP contribution in [0.2, 0.25) is 0 Å². The van der Waals surface area contributed by atoms with E-state index in [0.29, 0.717) is 18.0 Å². The van der Waals surface area contributed by atoms with Gasteiger partial charge in [-0.05, 0) is 22.9 Å². The van der Waals surface area contributed by atoms with Crippen LogP contribution in [0.25, 0.3) is 0 Å². The molecule has 2 amide bonds. The van der Waals surface area contributed by atoms with Crippen molar-refractivity contribution in [2.45, 2.75) is 12.5 Å². The van der Waals surface area contributed by atoms with E-state index in [4.69, 9.17) is 4.74 Å². The van der Waals surface area contributed by atoms with Crippen molar-refractivity contribution in [1.29, 1.82) is 0 Å². The van der Waals surface area contributed by atoms with Gasteiger partial charge in [-0.25, -0.2) is 0 Å². The molecule has 0 aliphatic carbocycles. The zero-order chi connectivity index (χ0) is 18.2. The van der Waals surface area contributed by atoms with Crippen LogP contribution in [-0.4, -0.2) is 56.1 Å². The summed E-state index contributed by atoms with van der Waals surface area (Å²) in [5.74, 6) is -0.177. The lowest BCUT2D eigenvalue weighted by Crippen LogP contribution is -2.43. The first-order chi connectivity index (χ1) is 12.7. The molecular weight excluding hydrogens is 370 g/mol. The number of thiophene rings is 2. The molecule has 0 spiro atoms.